The third kappa shape index (κ3) is 4.57. The number of nitrogens with zero attached hydrogens (tertiary/aromatic N) is 3. The van der Waals surface area contributed by atoms with E-state index in [1.807, 2.05) is 26.0 Å². The fraction of sp³-hybridized carbons (Fsp3) is 0.412. The minimum absolute atomic E-state index is 0.00456. The molecular formula is C17H22ClN5O2. The Labute approximate surface area is 151 Å². The maximum Gasteiger partial charge on any atom is 0.291 e. The van der Waals surface area contributed by atoms with Crippen LogP contribution in [0.25, 0.3) is 5.69 Å². The van der Waals surface area contributed by atoms with Crippen molar-refractivity contribution >= 4 is 23.4 Å². The molecule has 134 valence electrons. The van der Waals surface area contributed by atoms with Crippen molar-refractivity contribution in [3.8, 4) is 5.69 Å². The van der Waals surface area contributed by atoms with Gasteiger partial charge < -0.3 is 10.6 Å². The quantitative estimate of drug-likeness (QED) is 0.822. The van der Waals surface area contributed by atoms with E-state index in [-0.39, 0.29) is 17.6 Å². The Kier molecular flexibility index (Phi) is 6.14. The van der Waals surface area contributed by atoms with E-state index in [1.165, 1.54) is 11.7 Å². The zero-order valence-electron chi connectivity index (χ0n) is 14.7. The molecule has 0 fully saturated rings. The minimum atomic E-state index is -0.634. The van der Waals surface area contributed by atoms with Crippen molar-refractivity contribution in [2.75, 3.05) is 7.05 Å². The van der Waals surface area contributed by atoms with Gasteiger partial charge in [0.05, 0.1) is 10.7 Å². The van der Waals surface area contributed by atoms with Crippen molar-refractivity contribution < 1.29 is 9.59 Å². The number of hydrogen-bond donors (Lipinski definition) is 2. The number of hydrogen-bond acceptors (Lipinski definition) is 4. The van der Waals surface area contributed by atoms with Gasteiger partial charge in [0.2, 0.25) is 11.7 Å². The number of likely N-dealkylation sites (N-methyl/N-ethyl adjacent to an activating group) is 1. The SMILES string of the molecule is CNC(=O)C(CC(C)C)NC(=O)c1nc(C)n(-c2ccccc2Cl)n1. The highest BCUT2D eigenvalue weighted by Crippen LogP contribution is 2.20. The summed E-state index contributed by atoms with van der Waals surface area (Å²) in [4.78, 5) is 28.6. The highest BCUT2D eigenvalue weighted by molar-refractivity contribution is 6.32. The smallest absolute Gasteiger partial charge is 0.291 e. The highest BCUT2D eigenvalue weighted by atomic mass is 35.5. The number of benzene rings is 1. The number of carbonyl (C=O) groups excluding carboxylic acids is 2. The van der Waals surface area contributed by atoms with Crippen LogP contribution in [0.1, 0.15) is 36.7 Å². The Balaban J connectivity index is 2.24. The average Bonchev–Trinajstić information content (AvgIpc) is 2.95. The summed E-state index contributed by atoms with van der Waals surface area (Å²) < 4.78 is 1.51. The van der Waals surface area contributed by atoms with Crippen molar-refractivity contribution in [2.45, 2.75) is 33.2 Å². The number of nitrogens with one attached hydrogen (secondary N) is 2. The van der Waals surface area contributed by atoms with Crippen LogP contribution < -0.4 is 10.6 Å². The number of carbonyl (C=O) groups is 2. The van der Waals surface area contributed by atoms with E-state index in [0.29, 0.717) is 23.0 Å². The van der Waals surface area contributed by atoms with Crippen LogP contribution in [-0.2, 0) is 4.79 Å². The molecule has 0 bridgehead atoms. The zero-order valence-corrected chi connectivity index (χ0v) is 15.5. The molecule has 2 aromatic rings. The number of amides is 2. The lowest BCUT2D eigenvalue weighted by molar-refractivity contribution is -0.122. The van der Waals surface area contributed by atoms with E-state index in [1.54, 1.807) is 19.1 Å². The molecule has 8 heteroatoms. The molecule has 1 unspecified atom stereocenters. The van der Waals surface area contributed by atoms with Crippen molar-refractivity contribution in [3.05, 3.63) is 40.9 Å². The molecule has 2 amide bonds. The molecule has 1 atom stereocenters. The van der Waals surface area contributed by atoms with E-state index >= 15 is 0 Å². The van der Waals surface area contributed by atoms with Gasteiger partial charge >= 0.3 is 0 Å². The van der Waals surface area contributed by atoms with Gasteiger partial charge in [0, 0.05) is 7.05 Å². The van der Waals surface area contributed by atoms with Gasteiger partial charge in [0.25, 0.3) is 5.91 Å². The van der Waals surface area contributed by atoms with Gasteiger partial charge in [-0.05, 0) is 31.4 Å². The summed E-state index contributed by atoms with van der Waals surface area (Å²) in [7, 11) is 1.54. The molecule has 0 aliphatic rings. The minimum Gasteiger partial charge on any atom is -0.357 e. The summed E-state index contributed by atoms with van der Waals surface area (Å²) in [6.07, 6.45) is 0.523. The molecule has 0 aliphatic heterocycles. The lowest BCUT2D eigenvalue weighted by atomic mass is 10.0. The second-order valence-corrected chi connectivity index (χ2v) is 6.52. The van der Waals surface area contributed by atoms with Gasteiger partial charge in [-0.25, -0.2) is 9.67 Å². The Morgan fingerprint density at radius 1 is 1.28 bits per heavy atom. The van der Waals surface area contributed by atoms with Crippen molar-refractivity contribution in [2.24, 2.45) is 5.92 Å². The van der Waals surface area contributed by atoms with Gasteiger partial charge in [0.1, 0.15) is 11.9 Å². The monoisotopic (exact) mass is 363 g/mol. The topological polar surface area (TPSA) is 88.9 Å². The zero-order chi connectivity index (χ0) is 18.6. The fourth-order valence-electron chi connectivity index (χ4n) is 2.44. The number of para-hydroxylation sites is 1. The lowest BCUT2D eigenvalue weighted by Crippen LogP contribution is -2.46. The fourth-order valence-corrected chi connectivity index (χ4v) is 2.65. The number of aryl methyl sites for hydroxylation is 1. The molecule has 7 nitrogen and oxygen atoms in total. The van der Waals surface area contributed by atoms with Crippen LogP contribution >= 0.6 is 11.6 Å². The maximum atomic E-state index is 12.5. The summed E-state index contributed by atoms with van der Waals surface area (Å²) in [5.41, 5.74) is 0.637. The predicted octanol–water partition coefficient (Wildman–Crippen LogP) is 2.12. The molecule has 0 saturated heterocycles. The second-order valence-electron chi connectivity index (χ2n) is 6.12. The Morgan fingerprint density at radius 3 is 2.56 bits per heavy atom. The molecule has 2 rings (SSSR count). The van der Waals surface area contributed by atoms with Gasteiger partial charge in [-0.1, -0.05) is 37.6 Å². The highest BCUT2D eigenvalue weighted by Gasteiger charge is 2.24. The first kappa shape index (κ1) is 18.9. The van der Waals surface area contributed by atoms with Gasteiger partial charge in [0.15, 0.2) is 0 Å². The van der Waals surface area contributed by atoms with Crippen LogP contribution in [0.2, 0.25) is 5.02 Å². The normalized spacial score (nSPS) is 12.1. The van der Waals surface area contributed by atoms with Crippen LogP contribution in [0.5, 0.6) is 0 Å². The molecule has 2 N–H and O–H groups in total. The Morgan fingerprint density at radius 2 is 1.96 bits per heavy atom. The largest absolute Gasteiger partial charge is 0.357 e. The summed E-state index contributed by atoms with van der Waals surface area (Å²) in [6, 6.07) is 6.53. The standard InChI is InChI=1S/C17H22ClN5O2/c1-10(2)9-13(16(24)19-4)21-17(25)15-20-11(3)23(22-15)14-8-6-5-7-12(14)18/h5-8,10,13H,9H2,1-4H3,(H,19,24)(H,21,25). The summed E-state index contributed by atoms with van der Waals surface area (Å²) in [5, 5.41) is 10.0. The average molecular weight is 364 g/mol. The van der Waals surface area contributed by atoms with Crippen molar-refractivity contribution in [3.63, 3.8) is 0 Å². The van der Waals surface area contributed by atoms with Crippen molar-refractivity contribution in [1.29, 1.82) is 0 Å². The third-order valence-corrected chi connectivity index (χ3v) is 3.95. The van der Waals surface area contributed by atoms with Crippen LogP contribution in [0.15, 0.2) is 24.3 Å². The summed E-state index contributed by atoms with van der Waals surface area (Å²) >= 11 is 6.18. The molecule has 25 heavy (non-hydrogen) atoms. The lowest BCUT2D eigenvalue weighted by Gasteiger charge is -2.18. The Bertz CT molecular complexity index is 772. The molecule has 1 aromatic heterocycles. The summed E-state index contributed by atoms with van der Waals surface area (Å²) in [6.45, 7) is 5.70. The summed E-state index contributed by atoms with van der Waals surface area (Å²) in [5.74, 6) is 0.0270. The van der Waals surface area contributed by atoms with Crippen LogP contribution in [-0.4, -0.2) is 39.7 Å². The van der Waals surface area contributed by atoms with Crippen molar-refractivity contribution in [1.82, 2.24) is 25.4 Å². The van der Waals surface area contributed by atoms with E-state index < -0.39 is 11.9 Å². The number of halogens is 1. The first-order chi connectivity index (χ1) is 11.8. The molecule has 0 spiro atoms. The molecule has 0 aliphatic carbocycles. The molecule has 0 radical (unpaired) electrons. The second kappa shape index (κ2) is 8.11. The molecule has 0 saturated carbocycles. The third-order valence-electron chi connectivity index (χ3n) is 3.63. The van der Waals surface area contributed by atoms with Gasteiger partial charge in [-0.2, -0.15) is 0 Å². The molecule has 1 heterocycles. The Hall–Kier alpha value is -2.41. The maximum absolute atomic E-state index is 12.5. The van der Waals surface area contributed by atoms with Crippen LogP contribution in [0, 0.1) is 12.8 Å². The van der Waals surface area contributed by atoms with Crippen LogP contribution in [0.4, 0.5) is 0 Å². The number of aromatic nitrogens is 3. The molecule has 1 aromatic carbocycles. The molecular weight excluding hydrogens is 342 g/mol. The van der Waals surface area contributed by atoms with E-state index in [0.717, 1.165) is 0 Å². The van der Waals surface area contributed by atoms with E-state index in [2.05, 4.69) is 20.7 Å². The van der Waals surface area contributed by atoms with Gasteiger partial charge in [-0.3, -0.25) is 9.59 Å². The van der Waals surface area contributed by atoms with Crippen LogP contribution in [0.3, 0.4) is 0 Å². The predicted molar refractivity (Wildman–Crippen MR) is 95.9 cm³/mol. The van der Waals surface area contributed by atoms with E-state index in [9.17, 15) is 9.59 Å². The van der Waals surface area contributed by atoms with Gasteiger partial charge in [-0.15, -0.1) is 5.10 Å². The first-order valence-electron chi connectivity index (χ1n) is 8.04. The first-order valence-corrected chi connectivity index (χ1v) is 8.42. The number of rotatable bonds is 6. The van der Waals surface area contributed by atoms with E-state index in [4.69, 9.17) is 11.6 Å².